The number of hydrogen-bond acceptors (Lipinski definition) is 3. The first-order valence-corrected chi connectivity index (χ1v) is 7.87. The lowest BCUT2D eigenvalue weighted by Crippen LogP contribution is -2.69. The minimum atomic E-state index is -7.76. The van der Waals surface area contributed by atoms with E-state index < -0.39 is 45.8 Å². The number of alkyl halides is 11. The van der Waals surface area contributed by atoms with Crippen LogP contribution in [0, 0.1) is 0 Å². The molecule has 16 heteroatoms. The number of halogens is 11. The maximum absolute atomic E-state index is 13.4. The van der Waals surface area contributed by atoms with E-state index in [0.717, 1.165) is 4.72 Å². The summed E-state index contributed by atoms with van der Waals surface area (Å²) in [4.78, 5) is 1.39. The number of nitrogens with one attached hydrogen (secondary N) is 1. The first-order valence-electron chi connectivity index (χ1n) is 6.38. The van der Waals surface area contributed by atoms with Crippen molar-refractivity contribution in [2.24, 2.45) is 0 Å². The van der Waals surface area contributed by atoms with Crippen molar-refractivity contribution < 1.29 is 56.7 Å². The van der Waals surface area contributed by atoms with Crippen molar-refractivity contribution in [2.45, 2.75) is 35.6 Å². The minimum absolute atomic E-state index is 0.0206. The van der Waals surface area contributed by atoms with Crippen molar-refractivity contribution in [3.63, 3.8) is 0 Å². The van der Waals surface area contributed by atoms with Crippen LogP contribution in [0.2, 0.25) is 0 Å². The molecule has 0 rings (SSSR count). The highest BCUT2D eigenvalue weighted by molar-refractivity contribution is 7.90. The fourth-order valence-corrected chi connectivity index (χ4v) is 2.48. The van der Waals surface area contributed by atoms with Gasteiger partial charge in [0.15, 0.2) is 0 Å². The molecule has 0 spiro atoms. The third-order valence-electron chi connectivity index (χ3n) is 2.92. The van der Waals surface area contributed by atoms with Gasteiger partial charge in [-0.25, -0.2) is 13.1 Å². The van der Waals surface area contributed by atoms with Gasteiger partial charge in [-0.2, -0.15) is 48.3 Å². The average Bonchev–Trinajstić information content (AvgIpc) is 2.41. The zero-order chi connectivity index (χ0) is 21.4. The lowest BCUT2D eigenvalue weighted by Gasteiger charge is -2.36. The molecule has 0 heterocycles. The smallest absolute Gasteiger partial charge is 0.309 e. The average molecular weight is 434 g/mol. The summed E-state index contributed by atoms with van der Waals surface area (Å²) in [7, 11) is -3.85. The lowest BCUT2D eigenvalue weighted by molar-refractivity contribution is -0.413. The number of nitrogens with zero attached hydrogens (tertiary/aromatic N) is 1. The molecule has 0 saturated carbocycles. The second kappa shape index (κ2) is 7.26. The van der Waals surface area contributed by atoms with Gasteiger partial charge in [0.25, 0.3) is 10.0 Å². The largest absolute Gasteiger partial charge is 0.460 e. The molecular formula is C10H13F11N2O2S. The number of rotatable bonds is 9. The van der Waals surface area contributed by atoms with Gasteiger partial charge in [-0.15, -0.1) is 0 Å². The van der Waals surface area contributed by atoms with E-state index in [1.54, 1.807) is 0 Å². The Labute approximate surface area is 140 Å². The third-order valence-corrected chi connectivity index (χ3v) is 4.44. The van der Waals surface area contributed by atoms with Gasteiger partial charge in [0, 0.05) is 6.54 Å². The van der Waals surface area contributed by atoms with Crippen molar-refractivity contribution in [1.29, 1.82) is 0 Å². The molecule has 0 saturated heterocycles. The lowest BCUT2D eigenvalue weighted by atomic mass is 10.0. The van der Waals surface area contributed by atoms with E-state index in [2.05, 4.69) is 0 Å². The van der Waals surface area contributed by atoms with E-state index in [9.17, 15) is 56.7 Å². The molecule has 0 unspecified atom stereocenters. The summed E-state index contributed by atoms with van der Waals surface area (Å²) in [5, 5.41) is -6.98. The zero-order valence-corrected chi connectivity index (χ0v) is 13.8. The molecule has 158 valence electrons. The van der Waals surface area contributed by atoms with Crippen LogP contribution in [0.1, 0.15) is 6.42 Å². The Morgan fingerprint density at radius 1 is 0.769 bits per heavy atom. The molecule has 0 aliphatic heterocycles. The molecule has 0 aromatic rings. The Morgan fingerprint density at radius 2 is 1.19 bits per heavy atom. The van der Waals surface area contributed by atoms with E-state index in [1.807, 2.05) is 0 Å². The number of hydrogen-bond donors (Lipinski definition) is 1. The fraction of sp³-hybridized carbons (Fsp3) is 1.00. The SMILES string of the molecule is CN(C)CCCNS(=O)(=O)C(F)(F)C(F)(F)C(F)(F)C(F)(F)C(F)(F)F. The van der Waals surface area contributed by atoms with E-state index >= 15 is 0 Å². The Kier molecular flexibility index (Phi) is 7.00. The zero-order valence-electron chi connectivity index (χ0n) is 13.0. The van der Waals surface area contributed by atoms with Crippen molar-refractivity contribution >= 4 is 10.0 Å². The Hall–Kier alpha value is -0.900. The monoisotopic (exact) mass is 434 g/mol. The minimum Gasteiger partial charge on any atom is -0.309 e. The van der Waals surface area contributed by atoms with Crippen LogP contribution in [0.3, 0.4) is 0 Å². The molecule has 4 nitrogen and oxygen atoms in total. The summed E-state index contributed by atoms with van der Waals surface area (Å²) in [6.45, 7) is -0.972. The third kappa shape index (κ3) is 4.16. The van der Waals surface area contributed by atoms with E-state index in [-0.39, 0.29) is 13.0 Å². The van der Waals surface area contributed by atoms with Gasteiger partial charge in [-0.1, -0.05) is 0 Å². The second-order valence-electron chi connectivity index (χ2n) is 5.29. The quantitative estimate of drug-likeness (QED) is 0.449. The van der Waals surface area contributed by atoms with Crippen LogP contribution in [-0.2, 0) is 10.0 Å². The van der Waals surface area contributed by atoms with Gasteiger partial charge >= 0.3 is 29.2 Å². The molecule has 0 aromatic heterocycles. The van der Waals surface area contributed by atoms with Crippen LogP contribution in [0.4, 0.5) is 48.3 Å². The summed E-state index contributed by atoms with van der Waals surface area (Å²) in [6, 6.07) is 0. The fourth-order valence-electron chi connectivity index (χ4n) is 1.42. The Bertz CT molecular complexity index is 586. The van der Waals surface area contributed by atoms with E-state index in [4.69, 9.17) is 0 Å². The molecule has 0 atom stereocenters. The molecule has 0 aliphatic carbocycles. The summed E-state index contributed by atoms with van der Waals surface area (Å²) in [5.74, 6) is -23.0. The summed E-state index contributed by atoms with van der Waals surface area (Å²) < 4.78 is 163. The first-order chi connectivity index (χ1) is 11.2. The molecule has 1 N–H and O–H groups in total. The van der Waals surface area contributed by atoms with Crippen molar-refractivity contribution in [3.8, 4) is 0 Å². The highest BCUT2D eigenvalue weighted by atomic mass is 32.2. The van der Waals surface area contributed by atoms with Crippen molar-refractivity contribution in [1.82, 2.24) is 9.62 Å². The van der Waals surface area contributed by atoms with Gasteiger partial charge < -0.3 is 4.90 Å². The van der Waals surface area contributed by atoms with Crippen LogP contribution < -0.4 is 4.72 Å². The van der Waals surface area contributed by atoms with Gasteiger partial charge in [0.2, 0.25) is 0 Å². The summed E-state index contributed by atoms with van der Waals surface area (Å²) in [5.41, 5.74) is 0. The van der Waals surface area contributed by atoms with Crippen LogP contribution >= 0.6 is 0 Å². The van der Waals surface area contributed by atoms with Crippen LogP contribution in [0.25, 0.3) is 0 Å². The molecule has 0 aliphatic rings. The predicted molar refractivity (Wildman–Crippen MR) is 65.9 cm³/mol. The van der Waals surface area contributed by atoms with Gasteiger partial charge in [-0.3, -0.25) is 0 Å². The summed E-state index contributed by atoms with van der Waals surface area (Å²) >= 11 is 0. The summed E-state index contributed by atoms with van der Waals surface area (Å²) in [6.07, 6.45) is -7.64. The van der Waals surface area contributed by atoms with Crippen LogP contribution in [0.15, 0.2) is 0 Å². The second-order valence-corrected chi connectivity index (χ2v) is 7.10. The first kappa shape index (κ1) is 25.1. The maximum Gasteiger partial charge on any atom is 0.460 e. The molecule has 0 radical (unpaired) electrons. The molecule has 0 fully saturated rings. The highest BCUT2D eigenvalue weighted by Crippen LogP contribution is 2.58. The van der Waals surface area contributed by atoms with Crippen molar-refractivity contribution in [3.05, 3.63) is 0 Å². The predicted octanol–water partition coefficient (Wildman–Crippen LogP) is 2.92. The Balaban J connectivity index is 5.79. The molecule has 0 bridgehead atoms. The van der Waals surface area contributed by atoms with Crippen molar-refractivity contribution in [2.75, 3.05) is 27.2 Å². The highest BCUT2D eigenvalue weighted by Gasteiger charge is 2.89. The normalized spacial score (nSPS) is 15.6. The molecular weight excluding hydrogens is 421 g/mol. The standard InChI is InChI=1S/C10H13F11N2O2S/c1-23(2)5-3-4-22-26(24,25)10(20,21)8(15,16)6(11,12)7(13,14)9(17,18)19/h22H,3-5H2,1-2H3. The molecule has 0 aromatic carbocycles. The number of sulfonamides is 1. The van der Waals surface area contributed by atoms with E-state index in [1.165, 1.54) is 19.0 Å². The van der Waals surface area contributed by atoms with E-state index in [0.29, 0.717) is 0 Å². The Morgan fingerprint density at radius 3 is 1.54 bits per heavy atom. The van der Waals surface area contributed by atoms with Crippen LogP contribution in [0.5, 0.6) is 0 Å². The molecule has 26 heavy (non-hydrogen) atoms. The van der Waals surface area contributed by atoms with Gasteiger partial charge in [0.05, 0.1) is 0 Å². The maximum atomic E-state index is 13.4. The topological polar surface area (TPSA) is 49.4 Å². The molecule has 0 amide bonds. The van der Waals surface area contributed by atoms with Gasteiger partial charge in [-0.05, 0) is 27.1 Å². The van der Waals surface area contributed by atoms with Crippen LogP contribution in [-0.4, -0.2) is 69.7 Å². The van der Waals surface area contributed by atoms with Gasteiger partial charge in [0.1, 0.15) is 0 Å².